The van der Waals surface area contributed by atoms with E-state index in [4.69, 9.17) is 11.6 Å². The Kier molecular flexibility index (Phi) is 5.02. The van der Waals surface area contributed by atoms with Crippen LogP contribution in [0.25, 0.3) is 11.1 Å². The third kappa shape index (κ3) is 3.89. The second kappa shape index (κ2) is 7.09. The molecule has 0 radical (unpaired) electrons. The molecular weight excluding hydrogens is 385 g/mol. The highest BCUT2D eigenvalue weighted by Crippen LogP contribution is 2.35. The van der Waals surface area contributed by atoms with E-state index in [0.29, 0.717) is 27.6 Å². The highest BCUT2D eigenvalue weighted by molar-refractivity contribution is 7.13. The van der Waals surface area contributed by atoms with E-state index in [9.17, 15) is 18.0 Å². The van der Waals surface area contributed by atoms with Gasteiger partial charge in [-0.25, -0.2) is 4.98 Å². The normalized spacial score (nSPS) is 11.4. The quantitative estimate of drug-likeness (QED) is 0.586. The van der Waals surface area contributed by atoms with Gasteiger partial charge in [-0.05, 0) is 30.7 Å². The Morgan fingerprint density at radius 3 is 2.42 bits per heavy atom. The molecule has 1 amide bonds. The second-order valence-corrected chi connectivity index (χ2v) is 7.05. The van der Waals surface area contributed by atoms with Crippen LogP contribution >= 0.6 is 22.9 Å². The van der Waals surface area contributed by atoms with Gasteiger partial charge in [-0.2, -0.15) is 13.2 Å². The molecule has 0 fully saturated rings. The lowest BCUT2D eigenvalue weighted by Crippen LogP contribution is -2.17. The van der Waals surface area contributed by atoms with Crippen LogP contribution in [0.4, 0.5) is 18.9 Å². The summed E-state index contributed by atoms with van der Waals surface area (Å²) in [5.74, 6) is -0.843. The predicted molar refractivity (Wildman–Crippen MR) is 96.7 cm³/mol. The number of carbonyl (C=O) groups is 1. The maximum absolute atomic E-state index is 13.1. The minimum atomic E-state index is -4.69. The molecule has 0 unspecified atom stereocenters. The van der Waals surface area contributed by atoms with Gasteiger partial charge in [0.15, 0.2) is 5.69 Å². The van der Waals surface area contributed by atoms with E-state index >= 15 is 0 Å². The summed E-state index contributed by atoms with van der Waals surface area (Å²) in [7, 11) is 0. The first-order valence-corrected chi connectivity index (χ1v) is 8.66. The Bertz CT molecular complexity index is 952. The molecule has 2 aromatic carbocycles. The third-order valence-electron chi connectivity index (χ3n) is 3.54. The number of benzene rings is 2. The summed E-state index contributed by atoms with van der Waals surface area (Å²) in [6.45, 7) is 1.43. The number of para-hydroxylation sites is 1. The molecule has 0 aliphatic rings. The van der Waals surface area contributed by atoms with Crippen LogP contribution in [0.1, 0.15) is 20.4 Å². The first kappa shape index (κ1) is 18.4. The molecule has 1 aromatic heterocycles. The van der Waals surface area contributed by atoms with Crippen LogP contribution in [0.5, 0.6) is 0 Å². The lowest BCUT2D eigenvalue weighted by molar-refractivity contribution is -0.141. The van der Waals surface area contributed by atoms with Gasteiger partial charge in [0.05, 0.1) is 5.01 Å². The monoisotopic (exact) mass is 396 g/mol. The molecule has 0 saturated carbocycles. The molecule has 1 heterocycles. The SMILES string of the molecule is Cc1nc(C(F)(F)F)c(C(=O)Nc2ccccc2-c2ccc(Cl)cc2)s1. The van der Waals surface area contributed by atoms with E-state index in [0.717, 1.165) is 5.56 Å². The molecule has 3 rings (SSSR count). The van der Waals surface area contributed by atoms with Crippen LogP contribution in [0.15, 0.2) is 48.5 Å². The number of hydrogen-bond donors (Lipinski definition) is 1. The maximum Gasteiger partial charge on any atom is 0.435 e. The van der Waals surface area contributed by atoms with E-state index in [1.807, 2.05) is 0 Å². The fourth-order valence-electron chi connectivity index (χ4n) is 2.43. The summed E-state index contributed by atoms with van der Waals surface area (Å²) in [5, 5.41) is 3.30. The molecule has 0 bridgehead atoms. The standard InChI is InChI=1S/C18H12ClF3N2OS/c1-10-23-16(18(20,21)22)15(26-10)17(25)24-14-5-3-2-4-13(14)11-6-8-12(19)9-7-11/h2-9H,1H3,(H,24,25). The third-order valence-corrected chi connectivity index (χ3v) is 4.76. The summed E-state index contributed by atoms with van der Waals surface area (Å²) < 4.78 is 39.3. The molecule has 8 heteroatoms. The molecule has 0 aliphatic heterocycles. The van der Waals surface area contributed by atoms with Gasteiger partial charge in [-0.1, -0.05) is 41.9 Å². The number of amides is 1. The van der Waals surface area contributed by atoms with Gasteiger partial charge in [0.2, 0.25) is 0 Å². The minimum absolute atomic E-state index is 0.175. The van der Waals surface area contributed by atoms with Gasteiger partial charge in [0, 0.05) is 16.3 Å². The molecule has 0 saturated heterocycles. The van der Waals surface area contributed by atoms with E-state index in [1.165, 1.54) is 6.92 Å². The number of aromatic nitrogens is 1. The van der Waals surface area contributed by atoms with Crippen LogP contribution in [0.3, 0.4) is 0 Å². The number of carbonyl (C=O) groups excluding carboxylic acids is 1. The van der Waals surface area contributed by atoms with Crippen LogP contribution in [-0.2, 0) is 6.18 Å². The van der Waals surface area contributed by atoms with Crippen LogP contribution in [0.2, 0.25) is 5.02 Å². The number of halogens is 4. The number of aryl methyl sites for hydroxylation is 1. The van der Waals surface area contributed by atoms with Gasteiger partial charge in [-0.3, -0.25) is 4.79 Å². The molecule has 0 atom stereocenters. The first-order valence-electron chi connectivity index (χ1n) is 7.46. The molecule has 134 valence electrons. The number of nitrogens with zero attached hydrogens (tertiary/aromatic N) is 1. The largest absolute Gasteiger partial charge is 0.435 e. The smallest absolute Gasteiger partial charge is 0.321 e. The minimum Gasteiger partial charge on any atom is -0.321 e. The number of alkyl halides is 3. The van der Waals surface area contributed by atoms with Crippen molar-refractivity contribution >= 4 is 34.5 Å². The van der Waals surface area contributed by atoms with Crippen LogP contribution < -0.4 is 5.32 Å². The van der Waals surface area contributed by atoms with Crippen molar-refractivity contribution < 1.29 is 18.0 Å². The van der Waals surface area contributed by atoms with Gasteiger partial charge in [0.1, 0.15) is 4.88 Å². The molecule has 3 nitrogen and oxygen atoms in total. The predicted octanol–water partition coefficient (Wildman–Crippen LogP) is 6.04. The van der Waals surface area contributed by atoms with E-state index in [1.54, 1.807) is 48.5 Å². The highest BCUT2D eigenvalue weighted by Gasteiger charge is 2.39. The summed E-state index contributed by atoms with van der Waals surface area (Å²) in [6.07, 6.45) is -4.69. The van der Waals surface area contributed by atoms with Gasteiger partial charge < -0.3 is 5.32 Å². The summed E-state index contributed by atoms with van der Waals surface area (Å²) in [4.78, 5) is 15.5. The maximum atomic E-state index is 13.1. The van der Waals surface area contributed by atoms with Crippen LogP contribution in [-0.4, -0.2) is 10.9 Å². The van der Waals surface area contributed by atoms with Crippen molar-refractivity contribution in [3.05, 3.63) is 69.1 Å². The highest BCUT2D eigenvalue weighted by atomic mass is 35.5. The van der Waals surface area contributed by atoms with Gasteiger partial charge >= 0.3 is 6.18 Å². The van der Waals surface area contributed by atoms with Crippen molar-refractivity contribution in [1.29, 1.82) is 0 Å². The summed E-state index contributed by atoms with van der Waals surface area (Å²) >= 11 is 6.60. The van der Waals surface area contributed by atoms with Crippen molar-refractivity contribution in [2.75, 3.05) is 5.32 Å². The Labute approximate surface area is 156 Å². The zero-order valence-electron chi connectivity index (χ0n) is 13.4. The number of nitrogens with one attached hydrogen (secondary N) is 1. The summed E-state index contributed by atoms with van der Waals surface area (Å²) in [6, 6.07) is 13.8. The number of thiazole rings is 1. The topological polar surface area (TPSA) is 42.0 Å². The van der Waals surface area contributed by atoms with Gasteiger partial charge in [0.25, 0.3) is 5.91 Å². The fraction of sp³-hybridized carbons (Fsp3) is 0.111. The van der Waals surface area contributed by atoms with Crippen molar-refractivity contribution in [2.24, 2.45) is 0 Å². The Morgan fingerprint density at radius 2 is 1.77 bits per heavy atom. The zero-order valence-corrected chi connectivity index (χ0v) is 15.0. The second-order valence-electron chi connectivity index (χ2n) is 5.41. The number of hydrogen-bond acceptors (Lipinski definition) is 3. The lowest BCUT2D eigenvalue weighted by atomic mass is 10.0. The van der Waals surface area contributed by atoms with Crippen molar-refractivity contribution in [3.63, 3.8) is 0 Å². The van der Waals surface area contributed by atoms with Crippen LogP contribution in [0, 0.1) is 6.92 Å². The zero-order chi connectivity index (χ0) is 18.9. The van der Waals surface area contributed by atoms with E-state index < -0.39 is 22.7 Å². The summed E-state index contributed by atoms with van der Waals surface area (Å²) in [5.41, 5.74) is 0.689. The van der Waals surface area contributed by atoms with Crippen molar-refractivity contribution in [1.82, 2.24) is 4.98 Å². The first-order chi connectivity index (χ1) is 12.3. The number of anilines is 1. The number of rotatable bonds is 3. The average Bonchev–Trinajstić information content (AvgIpc) is 2.99. The molecule has 3 aromatic rings. The Hall–Kier alpha value is -2.38. The molecule has 0 spiro atoms. The Balaban J connectivity index is 1.96. The van der Waals surface area contributed by atoms with E-state index in [2.05, 4.69) is 10.3 Å². The van der Waals surface area contributed by atoms with Crippen molar-refractivity contribution in [3.8, 4) is 11.1 Å². The van der Waals surface area contributed by atoms with Gasteiger partial charge in [-0.15, -0.1) is 11.3 Å². The van der Waals surface area contributed by atoms with E-state index in [-0.39, 0.29) is 5.01 Å². The average molecular weight is 397 g/mol. The fourth-order valence-corrected chi connectivity index (χ4v) is 3.39. The lowest BCUT2D eigenvalue weighted by Gasteiger charge is -2.12. The van der Waals surface area contributed by atoms with Crippen molar-refractivity contribution in [2.45, 2.75) is 13.1 Å². The molecule has 1 N–H and O–H groups in total. The molecule has 0 aliphatic carbocycles. The molecule has 26 heavy (non-hydrogen) atoms. The Morgan fingerprint density at radius 1 is 1.12 bits per heavy atom. The molecular formula is C18H12ClF3N2OS.